The van der Waals surface area contributed by atoms with Gasteiger partial charge in [0, 0.05) is 28.4 Å². The Morgan fingerprint density at radius 1 is 0.805 bits per heavy atom. The van der Waals surface area contributed by atoms with Crippen molar-refractivity contribution < 1.29 is 23.9 Å². The molecule has 0 aliphatic carbocycles. The highest BCUT2D eigenvalue weighted by Crippen LogP contribution is 2.37. The molecular formula is C34H30N2O5. The average Bonchev–Trinajstić information content (AvgIpc) is 3.52. The molecule has 0 fully saturated rings. The molecule has 6 rings (SSSR count). The van der Waals surface area contributed by atoms with Crippen molar-refractivity contribution in [2.45, 2.75) is 39.0 Å². The zero-order chi connectivity index (χ0) is 28.5. The molecule has 206 valence electrons. The van der Waals surface area contributed by atoms with Gasteiger partial charge in [-0.05, 0) is 66.8 Å². The Hall–Kier alpha value is -4.91. The van der Waals surface area contributed by atoms with Crippen molar-refractivity contribution in [3.05, 3.63) is 124 Å². The van der Waals surface area contributed by atoms with Gasteiger partial charge in [-0.1, -0.05) is 54.6 Å². The summed E-state index contributed by atoms with van der Waals surface area (Å²) in [6, 6.07) is 28.0. The molecule has 0 N–H and O–H groups in total. The van der Waals surface area contributed by atoms with Gasteiger partial charge in [0.1, 0.15) is 0 Å². The third-order valence-corrected chi connectivity index (χ3v) is 7.70. The molecule has 7 heteroatoms. The van der Waals surface area contributed by atoms with Gasteiger partial charge >= 0.3 is 0 Å². The number of imide groups is 1. The highest BCUT2D eigenvalue weighted by molar-refractivity contribution is 6.15. The van der Waals surface area contributed by atoms with Gasteiger partial charge in [-0.3, -0.25) is 19.3 Å². The van der Waals surface area contributed by atoms with Crippen LogP contribution in [0.5, 0.6) is 11.5 Å². The summed E-state index contributed by atoms with van der Waals surface area (Å²) in [6.07, 6.45) is 1.64. The fraction of sp³-hybridized carbons (Fsp3) is 0.206. The van der Waals surface area contributed by atoms with Crippen LogP contribution in [0.1, 0.15) is 61.1 Å². The second-order valence-corrected chi connectivity index (χ2v) is 10.4. The standard InChI is InChI=1S/C34H30N2O5/c1-22(12-13-23-8-4-3-5-9-23)41-31-19-27(16-17-30(31)40-2)35-20-26-15-14-24(18-29(26)34(35)39)32(37)36-21-25-10-6-7-11-28(25)33(36)38/h3-11,14-19,22H,12-13,20-21H2,1-2H3. The molecule has 1 unspecified atom stereocenters. The first kappa shape index (κ1) is 26.3. The minimum atomic E-state index is -0.412. The molecule has 2 aliphatic heterocycles. The van der Waals surface area contributed by atoms with Crippen LogP contribution in [0.25, 0.3) is 0 Å². The van der Waals surface area contributed by atoms with E-state index in [1.165, 1.54) is 10.5 Å². The van der Waals surface area contributed by atoms with Crippen molar-refractivity contribution >= 4 is 23.4 Å². The van der Waals surface area contributed by atoms with Gasteiger partial charge in [-0.15, -0.1) is 0 Å². The maximum atomic E-state index is 13.5. The van der Waals surface area contributed by atoms with Crippen LogP contribution in [0.3, 0.4) is 0 Å². The normalized spacial score (nSPS) is 14.6. The van der Waals surface area contributed by atoms with Crippen LogP contribution < -0.4 is 14.4 Å². The van der Waals surface area contributed by atoms with Gasteiger partial charge in [0.15, 0.2) is 11.5 Å². The summed E-state index contributed by atoms with van der Waals surface area (Å²) in [5.41, 5.74) is 4.87. The lowest BCUT2D eigenvalue weighted by Crippen LogP contribution is -2.31. The second-order valence-electron chi connectivity index (χ2n) is 10.4. The minimum Gasteiger partial charge on any atom is -0.493 e. The number of ether oxygens (including phenoxy) is 2. The predicted molar refractivity (Wildman–Crippen MR) is 155 cm³/mol. The Kier molecular flexibility index (Phi) is 7.01. The number of aryl methyl sites for hydroxylation is 1. The van der Waals surface area contributed by atoms with Crippen molar-refractivity contribution in [3.8, 4) is 11.5 Å². The van der Waals surface area contributed by atoms with Gasteiger partial charge in [0.25, 0.3) is 17.7 Å². The lowest BCUT2D eigenvalue weighted by Gasteiger charge is -2.21. The first-order chi connectivity index (χ1) is 19.9. The van der Waals surface area contributed by atoms with E-state index in [4.69, 9.17) is 9.47 Å². The average molecular weight is 547 g/mol. The molecule has 0 saturated heterocycles. The molecule has 3 amide bonds. The van der Waals surface area contributed by atoms with E-state index >= 15 is 0 Å². The molecular weight excluding hydrogens is 516 g/mol. The number of hydrogen-bond acceptors (Lipinski definition) is 5. The van der Waals surface area contributed by atoms with Crippen LogP contribution in [0, 0.1) is 0 Å². The van der Waals surface area contributed by atoms with Gasteiger partial charge < -0.3 is 14.4 Å². The van der Waals surface area contributed by atoms with E-state index in [9.17, 15) is 14.4 Å². The number of rotatable bonds is 8. The van der Waals surface area contributed by atoms with E-state index in [-0.39, 0.29) is 24.5 Å². The number of hydrogen-bond donors (Lipinski definition) is 0. The summed E-state index contributed by atoms with van der Waals surface area (Å²) in [5, 5.41) is 0. The highest BCUT2D eigenvalue weighted by atomic mass is 16.5. The van der Waals surface area contributed by atoms with Crippen LogP contribution >= 0.6 is 0 Å². The third-order valence-electron chi connectivity index (χ3n) is 7.70. The summed E-state index contributed by atoms with van der Waals surface area (Å²) in [7, 11) is 1.59. The molecule has 0 aromatic heterocycles. The summed E-state index contributed by atoms with van der Waals surface area (Å²) < 4.78 is 11.8. The molecule has 1 atom stereocenters. The molecule has 0 radical (unpaired) electrons. The minimum absolute atomic E-state index is 0.0705. The van der Waals surface area contributed by atoms with E-state index in [0.717, 1.165) is 24.0 Å². The van der Waals surface area contributed by atoms with E-state index in [0.29, 0.717) is 40.4 Å². The lowest BCUT2D eigenvalue weighted by atomic mass is 10.1. The zero-order valence-corrected chi connectivity index (χ0v) is 23.0. The zero-order valence-electron chi connectivity index (χ0n) is 23.0. The molecule has 0 bridgehead atoms. The number of nitrogens with zero attached hydrogens (tertiary/aromatic N) is 2. The van der Waals surface area contributed by atoms with Gasteiger partial charge in [-0.25, -0.2) is 0 Å². The Labute approximate surface area is 238 Å². The third kappa shape index (κ3) is 5.07. The summed E-state index contributed by atoms with van der Waals surface area (Å²) in [4.78, 5) is 42.6. The van der Waals surface area contributed by atoms with E-state index in [1.807, 2.05) is 49.4 Å². The Morgan fingerprint density at radius 2 is 1.56 bits per heavy atom. The molecule has 4 aromatic rings. The Balaban J connectivity index is 1.18. The van der Waals surface area contributed by atoms with Crippen LogP contribution in [-0.4, -0.2) is 35.8 Å². The SMILES string of the molecule is COc1ccc(N2Cc3ccc(C(=O)N4Cc5ccccc5C4=O)cc3C2=O)cc1OC(C)CCc1ccccc1. The molecule has 2 heterocycles. The smallest absolute Gasteiger partial charge is 0.261 e. The largest absolute Gasteiger partial charge is 0.493 e. The molecule has 0 saturated carbocycles. The monoisotopic (exact) mass is 546 g/mol. The number of carbonyl (C=O) groups is 3. The first-order valence-corrected chi connectivity index (χ1v) is 13.7. The highest BCUT2D eigenvalue weighted by Gasteiger charge is 2.34. The van der Waals surface area contributed by atoms with Crippen LogP contribution in [-0.2, 0) is 19.5 Å². The van der Waals surface area contributed by atoms with E-state index in [1.54, 1.807) is 48.4 Å². The van der Waals surface area contributed by atoms with Gasteiger partial charge in [-0.2, -0.15) is 0 Å². The van der Waals surface area contributed by atoms with Crippen LogP contribution in [0.2, 0.25) is 0 Å². The van der Waals surface area contributed by atoms with Crippen LogP contribution in [0.15, 0.2) is 91.0 Å². The number of amides is 3. The number of methoxy groups -OCH3 is 1. The van der Waals surface area contributed by atoms with Crippen molar-refractivity contribution in [2.24, 2.45) is 0 Å². The van der Waals surface area contributed by atoms with Crippen LogP contribution in [0.4, 0.5) is 5.69 Å². The number of carbonyl (C=O) groups excluding carboxylic acids is 3. The fourth-order valence-corrected chi connectivity index (χ4v) is 5.43. The van der Waals surface area contributed by atoms with Gasteiger partial charge in [0.2, 0.25) is 0 Å². The van der Waals surface area contributed by atoms with Crippen molar-refractivity contribution in [2.75, 3.05) is 12.0 Å². The number of benzene rings is 4. The Bertz CT molecular complexity index is 1650. The summed E-state index contributed by atoms with van der Waals surface area (Å²) in [5.74, 6) is 0.220. The molecule has 2 aliphatic rings. The molecule has 7 nitrogen and oxygen atoms in total. The lowest BCUT2D eigenvalue weighted by molar-refractivity contribution is 0.0631. The maximum Gasteiger partial charge on any atom is 0.261 e. The molecule has 4 aromatic carbocycles. The number of anilines is 1. The van der Waals surface area contributed by atoms with Crippen molar-refractivity contribution in [1.29, 1.82) is 0 Å². The number of fused-ring (bicyclic) bond motifs is 2. The summed E-state index contributed by atoms with van der Waals surface area (Å²) in [6.45, 7) is 2.61. The predicted octanol–water partition coefficient (Wildman–Crippen LogP) is 6.05. The maximum absolute atomic E-state index is 13.5. The topological polar surface area (TPSA) is 76.2 Å². The summed E-state index contributed by atoms with van der Waals surface area (Å²) >= 11 is 0. The Morgan fingerprint density at radius 3 is 2.34 bits per heavy atom. The molecule has 0 spiro atoms. The van der Waals surface area contributed by atoms with Crippen molar-refractivity contribution in [3.63, 3.8) is 0 Å². The first-order valence-electron chi connectivity index (χ1n) is 13.7. The van der Waals surface area contributed by atoms with E-state index < -0.39 is 5.91 Å². The van der Waals surface area contributed by atoms with E-state index in [2.05, 4.69) is 12.1 Å². The molecule has 41 heavy (non-hydrogen) atoms. The fourth-order valence-electron chi connectivity index (χ4n) is 5.43. The second kappa shape index (κ2) is 10.9. The van der Waals surface area contributed by atoms with Crippen molar-refractivity contribution in [1.82, 2.24) is 4.90 Å². The quantitative estimate of drug-likeness (QED) is 0.252. The van der Waals surface area contributed by atoms with Gasteiger partial charge in [0.05, 0.1) is 26.3 Å².